The van der Waals surface area contributed by atoms with E-state index >= 15 is 4.39 Å². The van der Waals surface area contributed by atoms with Crippen molar-refractivity contribution in [2.45, 2.75) is 26.5 Å². The van der Waals surface area contributed by atoms with E-state index < -0.39 is 11.6 Å². The number of ether oxygens (including phenoxy) is 2. The van der Waals surface area contributed by atoms with Crippen molar-refractivity contribution < 1.29 is 23.0 Å². The lowest BCUT2D eigenvalue weighted by molar-refractivity contribution is 0.101. The average molecular weight is 553 g/mol. The quantitative estimate of drug-likeness (QED) is 0.190. The second kappa shape index (κ2) is 12.1. The van der Waals surface area contributed by atoms with Crippen molar-refractivity contribution in [2.75, 3.05) is 13.7 Å². The number of ketones is 1. The number of Topliss-reactive ketones (excluding diaryl/α,β-unsaturated/α-hetero) is 1. The first-order valence-corrected chi connectivity index (χ1v) is 12.9. The zero-order valence-electron chi connectivity index (χ0n) is 22.5. The van der Waals surface area contributed by atoms with Crippen LogP contribution in [-0.4, -0.2) is 34.0 Å². The van der Waals surface area contributed by atoms with Gasteiger partial charge < -0.3 is 14.0 Å². The zero-order chi connectivity index (χ0) is 28.9. The smallest absolute Gasteiger partial charge is 0.221 e. The van der Waals surface area contributed by atoms with Crippen LogP contribution < -0.4 is 4.74 Å². The summed E-state index contributed by atoms with van der Waals surface area (Å²) in [6, 6.07) is 19.7. The fourth-order valence-corrected chi connectivity index (χ4v) is 4.59. The van der Waals surface area contributed by atoms with Gasteiger partial charge in [0, 0.05) is 43.0 Å². The highest BCUT2D eigenvalue weighted by Gasteiger charge is 2.17. The van der Waals surface area contributed by atoms with Gasteiger partial charge in [0.15, 0.2) is 5.78 Å². The van der Waals surface area contributed by atoms with E-state index in [9.17, 15) is 9.18 Å². The Morgan fingerprint density at radius 1 is 1.02 bits per heavy atom. The minimum Gasteiger partial charge on any atom is -0.472 e. The number of methoxy groups -OCH3 is 1. The molecule has 0 saturated heterocycles. The lowest BCUT2D eigenvalue weighted by Gasteiger charge is -2.13. The summed E-state index contributed by atoms with van der Waals surface area (Å²) in [5.41, 5.74) is 4.12. The van der Waals surface area contributed by atoms with Gasteiger partial charge in [-0.05, 0) is 66.6 Å². The van der Waals surface area contributed by atoms with Crippen molar-refractivity contribution in [3.8, 4) is 23.1 Å². The predicted octanol–water partition coefficient (Wildman–Crippen LogP) is 6.27. The topological polar surface area (TPSA) is 90.0 Å². The number of carbonyl (C=O) groups excluding carboxylic acids is 1. The van der Waals surface area contributed by atoms with Crippen molar-refractivity contribution in [2.24, 2.45) is 0 Å². The van der Waals surface area contributed by atoms with Crippen LogP contribution in [0, 0.1) is 23.0 Å². The van der Waals surface area contributed by atoms with E-state index in [-0.39, 0.29) is 35.8 Å². The van der Waals surface area contributed by atoms with Crippen molar-refractivity contribution >= 4 is 16.8 Å². The number of nitriles is 1. The molecule has 2 aromatic heterocycles. The van der Waals surface area contributed by atoms with Gasteiger partial charge in [-0.3, -0.25) is 4.79 Å². The van der Waals surface area contributed by atoms with Crippen LogP contribution in [0.3, 0.4) is 0 Å². The molecule has 0 bridgehead atoms. The molecule has 0 unspecified atom stereocenters. The van der Waals surface area contributed by atoms with Gasteiger partial charge in [0.05, 0.1) is 29.3 Å². The van der Waals surface area contributed by atoms with Crippen LogP contribution in [-0.2, 0) is 24.3 Å². The van der Waals surface area contributed by atoms with Gasteiger partial charge in [0.25, 0.3) is 0 Å². The molecular weight excluding hydrogens is 526 g/mol. The maximum absolute atomic E-state index is 15.5. The normalized spacial score (nSPS) is 11.0. The van der Waals surface area contributed by atoms with Gasteiger partial charge >= 0.3 is 0 Å². The Hall–Kier alpha value is -4.94. The Morgan fingerprint density at radius 3 is 2.56 bits per heavy atom. The standard InChI is InChI=1S/C32H26F2N4O3/c1-20(39)22-9-10-29-30(16-22)38(12-13-40-2)31(37-29)17-24-8-7-23(15-28(24)34)26-4-3-11-36-32(26)41-19-25-6-5-21(18-35)14-27(25)33/h3-11,14-16H,12-13,17,19H2,1-2H3. The molecule has 0 N–H and O–H groups in total. The van der Waals surface area contributed by atoms with E-state index in [4.69, 9.17) is 19.7 Å². The summed E-state index contributed by atoms with van der Waals surface area (Å²) in [7, 11) is 1.61. The Balaban J connectivity index is 1.41. The lowest BCUT2D eigenvalue weighted by atomic mass is 10.0. The van der Waals surface area contributed by atoms with E-state index in [2.05, 4.69) is 4.98 Å². The van der Waals surface area contributed by atoms with Gasteiger partial charge in [-0.1, -0.05) is 18.2 Å². The number of hydrogen-bond donors (Lipinski definition) is 0. The second-order valence-corrected chi connectivity index (χ2v) is 9.48. The van der Waals surface area contributed by atoms with Gasteiger partial charge in [0.2, 0.25) is 5.88 Å². The number of pyridine rings is 1. The Kier molecular flexibility index (Phi) is 8.13. The van der Waals surface area contributed by atoms with Gasteiger partial charge in [0.1, 0.15) is 24.1 Å². The number of carbonyl (C=O) groups is 1. The number of benzene rings is 3. The molecule has 0 aliphatic carbocycles. The molecule has 0 atom stereocenters. The Bertz CT molecular complexity index is 1790. The lowest BCUT2D eigenvalue weighted by Crippen LogP contribution is -2.10. The number of rotatable bonds is 10. The monoisotopic (exact) mass is 552 g/mol. The Labute approximate surface area is 235 Å². The summed E-state index contributed by atoms with van der Waals surface area (Å²) in [6.07, 6.45) is 1.77. The van der Waals surface area contributed by atoms with E-state index in [1.807, 2.05) is 10.6 Å². The number of imidazole rings is 1. The summed E-state index contributed by atoms with van der Waals surface area (Å²) < 4.78 is 42.9. The molecule has 0 saturated carbocycles. The first kappa shape index (κ1) is 27.6. The first-order chi connectivity index (χ1) is 19.9. The largest absolute Gasteiger partial charge is 0.472 e. The second-order valence-electron chi connectivity index (χ2n) is 9.48. The molecular formula is C32H26F2N4O3. The summed E-state index contributed by atoms with van der Waals surface area (Å²) in [6.45, 7) is 2.34. The van der Waals surface area contributed by atoms with E-state index in [0.29, 0.717) is 46.7 Å². The summed E-state index contributed by atoms with van der Waals surface area (Å²) in [5.74, 6) is -0.142. The molecule has 0 aliphatic heterocycles. The molecule has 5 aromatic rings. The highest BCUT2D eigenvalue weighted by molar-refractivity contribution is 5.97. The van der Waals surface area contributed by atoms with Gasteiger partial charge in [-0.25, -0.2) is 18.7 Å². The molecule has 0 aliphatic rings. The highest BCUT2D eigenvalue weighted by atomic mass is 19.1. The Morgan fingerprint density at radius 2 is 1.83 bits per heavy atom. The molecule has 0 radical (unpaired) electrons. The number of hydrogen-bond acceptors (Lipinski definition) is 6. The van der Waals surface area contributed by atoms with E-state index in [1.54, 1.807) is 55.8 Å². The molecule has 0 amide bonds. The third-order valence-electron chi connectivity index (χ3n) is 6.78. The average Bonchev–Trinajstić information content (AvgIpc) is 3.32. The third-order valence-corrected chi connectivity index (χ3v) is 6.78. The van der Waals surface area contributed by atoms with Gasteiger partial charge in [-0.15, -0.1) is 0 Å². The van der Waals surface area contributed by atoms with Crippen LogP contribution in [0.25, 0.3) is 22.2 Å². The fourth-order valence-electron chi connectivity index (χ4n) is 4.59. The van der Waals surface area contributed by atoms with Crippen LogP contribution in [0.4, 0.5) is 8.78 Å². The zero-order valence-corrected chi connectivity index (χ0v) is 22.5. The molecule has 0 fully saturated rings. The summed E-state index contributed by atoms with van der Waals surface area (Å²) in [4.78, 5) is 20.9. The van der Waals surface area contributed by atoms with Crippen LogP contribution >= 0.6 is 0 Å². The maximum Gasteiger partial charge on any atom is 0.221 e. The predicted molar refractivity (Wildman–Crippen MR) is 149 cm³/mol. The molecule has 5 rings (SSSR count). The van der Waals surface area contributed by atoms with Crippen LogP contribution in [0.5, 0.6) is 5.88 Å². The third kappa shape index (κ3) is 5.98. The van der Waals surface area contributed by atoms with Crippen molar-refractivity contribution in [1.29, 1.82) is 5.26 Å². The maximum atomic E-state index is 15.5. The van der Waals surface area contributed by atoms with Crippen molar-refractivity contribution in [3.05, 3.63) is 113 Å². The van der Waals surface area contributed by atoms with E-state index in [0.717, 1.165) is 11.6 Å². The molecule has 206 valence electrons. The summed E-state index contributed by atoms with van der Waals surface area (Å²) in [5, 5.41) is 8.95. The molecule has 7 nitrogen and oxygen atoms in total. The fraction of sp³-hybridized carbons (Fsp3) is 0.188. The minimum atomic E-state index is -0.550. The molecule has 0 spiro atoms. The SMILES string of the molecule is COCCn1c(Cc2ccc(-c3cccnc3OCc3ccc(C#N)cc3F)cc2F)nc2ccc(C(C)=O)cc21. The van der Waals surface area contributed by atoms with Crippen molar-refractivity contribution in [1.82, 2.24) is 14.5 Å². The first-order valence-electron chi connectivity index (χ1n) is 12.9. The van der Waals surface area contributed by atoms with Crippen LogP contribution in [0.15, 0.2) is 72.9 Å². The molecule has 9 heteroatoms. The van der Waals surface area contributed by atoms with E-state index in [1.165, 1.54) is 25.1 Å². The van der Waals surface area contributed by atoms with Gasteiger partial charge in [-0.2, -0.15) is 5.26 Å². The molecule has 2 heterocycles. The highest BCUT2D eigenvalue weighted by Crippen LogP contribution is 2.31. The number of halogens is 2. The summed E-state index contributed by atoms with van der Waals surface area (Å²) >= 11 is 0. The minimum absolute atomic E-state index is 0.0460. The number of fused-ring (bicyclic) bond motifs is 1. The van der Waals surface area contributed by atoms with Crippen molar-refractivity contribution in [3.63, 3.8) is 0 Å². The van der Waals surface area contributed by atoms with Crippen LogP contribution in [0.1, 0.15) is 39.8 Å². The number of nitrogens with zero attached hydrogens (tertiary/aromatic N) is 4. The molecule has 3 aromatic carbocycles. The number of aromatic nitrogens is 3. The molecule has 41 heavy (non-hydrogen) atoms. The van der Waals surface area contributed by atoms with Crippen LogP contribution in [0.2, 0.25) is 0 Å².